The highest BCUT2D eigenvalue weighted by Gasteiger charge is 2.42. The summed E-state index contributed by atoms with van der Waals surface area (Å²) >= 11 is 0. The van der Waals surface area contributed by atoms with E-state index in [9.17, 15) is 0 Å². The van der Waals surface area contributed by atoms with Crippen molar-refractivity contribution >= 4 is 28.7 Å². The fraction of sp³-hybridized carbons (Fsp3) is 0.0811. The van der Waals surface area contributed by atoms with E-state index in [4.69, 9.17) is 9.47 Å². The third-order valence-electron chi connectivity index (χ3n) is 8.39. The van der Waals surface area contributed by atoms with Crippen LogP contribution in [0.4, 0.5) is 0 Å². The minimum absolute atomic E-state index is 0.00162. The van der Waals surface area contributed by atoms with Gasteiger partial charge in [-0.25, -0.2) is 0 Å². The first-order valence-corrected chi connectivity index (χ1v) is 14.0. The summed E-state index contributed by atoms with van der Waals surface area (Å²) < 4.78 is 13.6. The van der Waals surface area contributed by atoms with Gasteiger partial charge in [-0.3, -0.25) is 0 Å². The number of ether oxygens (including phenoxy) is 2. The third-order valence-corrected chi connectivity index (χ3v) is 8.39. The summed E-state index contributed by atoms with van der Waals surface area (Å²) in [5.74, 6) is 3.61. The Kier molecular flexibility index (Phi) is 5.31. The van der Waals surface area contributed by atoms with Crippen LogP contribution in [0.5, 0.6) is 23.0 Å². The van der Waals surface area contributed by atoms with E-state index in [1.165, 1.54) is 33.2 Å². The van der Waals surface area contributed by atoms with Gasteiger partial charge in [0.05, 0.1) is 0 Å². The molecule has 40 heavy (non-hydrogen) atoms. The predicted molar refractivity (Wildman–Crippen MR) is 166 cm³/mol. The number of aryl methyl sites for hydroxylation is 1. The molecule has 2 nitrogen and oxygen atoms in total. The lowest BCUT2D eigenvalue weighted by atomic mass is 9.34. The molecule has 2 aliphatic heterocycles. The molecule has 3 heteroatoms. The molecule has 3 aliphatic rings. The lowest BCUT2D eigenvalue weighted by Crippen LogP contribution is -2.57. The van der Waals surface area contributed by atoms with Crippen LogP contribution in [0.3, 0.4) is 0 Å². The Balaban J connectivity index is 1.39. The van der Waals surface area contributed by atoms with Crippen molar-refractivity contribution in [2.24, 2.45) is 0 Å². The molecular weight excluding hydrogens is 487 g/mol. The Labute approximate surface area is 235 Å². The Morgan fingerprint density at radius 1 is 0.600 bits per heavy atom. The second-order valence-corrected chi connectivity index (χ2v) is 10.8. The van der Waals surface area contributed by atoms with E-state index in [1.807, 2.05) is 0 Å². The van der Waals surface area contributed by atoms with Crippen LogP contribution in [-0.4, -0.2) is 6.71 Å². The first-order valence-electron chi connectivity index (χ1n) is 14.0. The lowest BCUT2D eigenvalue weighted by Gasteiger charge is -2.35. The first kappa shape index (κ1) is 23.2. The molecule has 0 saturated heterocycles. The van der Waals surface area contributed by atoms with Crippen molar-refractivity contribution in [3.8, 4) is 45.3 Å². The molecule has 0 fully saturated rings. The molecule has 0 aromatic heterocycles. The first-order chi connectivity index (χ1) is 19.8. The van der Waals surface area contributed by atoms with Crippen molar-refractivity contribution in [3.63, 3.8) is 0 Å². The average Bonchev–Trinajstić information content (AvgIpc) is 3.01. The fourth-order valence-corrected chi connectivity index (χ4v) is 6.47. The normalized spacial score (nSPS) is 14.3. The van der Waals surface area contributed by atoms with E-state index in [0.717, 1.165) is 58.0 Å². The number of allylic oxidation sites excluding steroid dienone is 4. The lowest BCUT2D eigenvalue weighted by molar-refractivity contribution is 0.465. The Morgan fingerprint density at radius 3 is 2.25 bits per heavy atom. The van der Waals surface area contributed by atoms with Crippen molar-refractivity contribution in [1.29, 1.82) is 0 Å². The van der Waals surface area contributed by atoms with E-state index in [1.54, 1.807) is 0 Å². The van der Waals surface area contributed by atoms with Gasteiger partial charge >= 0.3 is 0 Å². The predicted octanol–water partition coefficient (Wildman–Crippen LogP) is 7.79. The SMILES string of the molecule is Cc1ccccc1-c1ccc2c(c1)B1c3cccc(C4=CCCC=C4)c3Oc3ccc(-c4ccccc4)c(c31)O2. The van der Waals surface area contributed by atoms with Gasteiger partial charge in [-0.05, 0) is 76.7 Å². The van der Waals surface area contributed by atoms with Crippen molar-refractivity contribution < 1.29 is 9.47 Å². The monoisotopic (exact) mass is 514 g/mol. The van der Waals surface area contributed by atoms with Crippen LogP contribution in [0.2, 0.25) is 0 Å². The minimum Gasteiger partial charge on any atom is -0.458 e. The zero-order chi connectivity index (χ0) is 26.6. The number of benzene rings is 5. The summed E-state index contributed by atoms with van der Waals surface area (Å²) in [5.41, 5.74) is 11.8. The van der Waals surface area contributed by atoms with E-state index in [2.05, 4.69) is 128 Å². The van der Waals surface area contributed by atoms with Crippen LogP contribution < -0.4 is 25.9 Å². The van der Waals surface area contributed by atoms with Crippen molar-refractivity contribution in [1.82, 2.24) is 0 Å². The highest BCUT2D eigenvalue weighted by Crippen LogP contribution is 2.43. The van der Waals surface area contributed by atoms with Crippen LogP contribution in [-0.2, 0) is 0 Å². The minimum atomic E-state index is -0.00162. The molecule has 5 aromatic rings. The summed E-state index contributed by atoms with van der Waals surface area (Å²) in [7, 11) is 0. The molecule has 5 aromatic carbocycles. The molecule has 0 spiro atoms. The van der Waals surface area contributed by atoms with E-state index in [0.29, 0.717) is 0 Å². The average molecular weight is 514 g/mol. The quantitative estimate of drug-likeness (QED) is 0.224. The Hall–Kier alpha value is -4.76. The Morgan fingerprint density at radius 2 is 1.40 bits per heavy atom. The van der Waals surface area contributed by atoms with Gasteiger partial charge in [0.2, 0.25) is 0 Å². The molecule has 190 valence electrons. The van der Waals surface area contributed by atoms with Crippen molar-refractivity contribution in [2.75, 3.05) is 0 Å². The van der Waals surface area contributed by atoms with Gasteiger partial charge in [0.15, 0.2) is 0 Å². The van der Waals surface area contributed by atoms with Gasteiger partial charge in [-0.1, -0.05) is 103 Å². The second kappa shape index (κ2) is 9.17. The number of para-hydroxylation sites is 1. The van der Waals surface area contributed by atoms with Crippen LogP contribution in [0, 0.1) is 6.92 Å². The van der Waals surface area contributed by atoms with Crippen molar-refractivity contribution in [2.45, 2.75) is 19.8 Å². The zero-order valence-electron chi connectivity index (χ0n) is 22.4. The van der Waals surface area contributed by atoms with Crippen LogP contribution >= 0.6 is 0 Å². The summed E-state index contributed by atoms with van der Waals surface area (Å²) in [6.07, 6.45) is 8.95. The number of hydrogen-bond donors (Lipinski definition) is 0. The van der Waals surface area contributed by atoms with Gasteiger partial charge in [0, 0.05) is 16.6 Å². The summed E-state index contributed by atoms with van der Waals surface area (Å²) in [4.78, 5) is 0. The largest absolute Gasteiger partial charge is 0.458 e. The molecule has 1 aliphatic carbocycles. The number of hydrogen-bond acceptors (Lipinski definition) is 2. The molecule has 0 saturated carbocycles. The maximum atomic E-state index is 6.79. The van der Waals surface area contributed by atoms with Gasteiger partial charge in [0.1, 0.15) is 23.0 Å². The third kappa shape index (κ3) is 3.58. The maximum absolute atomic E-state index is 6.79. The summed E-state index contributed by atoms with van der Waals surface area (Å²) in [5, 5.41) is 0. The zero-order valence-corrected chi connectivity index (χ0v) is 22.4. The molecule has 0 radical (unpaired) electrons. The van der Waals surface area contributed by atoms with Crippen LogP contribution in [0.15, 0.2) is 121 Å². The topological polar surface area (TPSA) is 18.5 Å². The molecule has 0 atom stereocenters. The Bertz CT molecular complexity index is 1870. The molecule has 8 rings (SSSR count). The van der Waals surface area contributed by atoms with Gasteiger partial charge in [-0.2, -0.15) is 0 Å². The summed E-state index contributed by atoms with van der Waals surface area (Å²) in [6.45, 7) is 2.17. The van der Waals surface area contributed by atoms with E-state index < -0.39 is 0 Å². The number of fused-ring (bicyclic) bond motifs is 4. The van der Waals surface area contributed by atoms with Gasteiger partial charge in [0.25, 0.3) is 6.71 Å². The highest BCUT2D eigenvalue weighted by molar-refractivity contribution is 6.98. The van der Waals surface area contributed by atoms with Gasteiger partial charge < -0.3 is 9.47 Å². The van der Waals surface area contributed by atoms with Crippen LogP contribution in [0.1, 0.15) is 24.0 Å². The fourth-order valence-electron chi connectivity index (χ4n) is 6.47. The molecule has 0 bridgehead atoms. The van der Waals surface area contributed by atoms with Crippen molar-refractivity contribution in [3.05, 3.63) is 132 Å². The van der Waals surface area contributed by atoms with E-state index >= 15 is 0 Å². The molecule has 0 unspecified atom stereocenters. The summed E-state index contributed by atoms with van der Waals surface area (Å²) in [6, 6.07) is 36.6. The number of rotatable bonds is 3. The maximum Gasteiger partial charge on any atom is 0.260 e. The molecule has 0 N–H and O–H groups in total. The second-order valence-electron chi connectivity index (χ2n) is 10.8. The molecular formula is C37H27BO2. The van der Waals surface area contributed by atoms with Crippen LogP contribution in [0.25, 0.3) is 27.8 Å². The van der Waals surface area contributed by atoms with E-state index in [-0.39, 0.29) is 6.71 Å². The molecule has 2 heterocycles. The highest BCUT2D eigenvalue weighted by atomic mass is 16.5. The molecule has 0 amide bonds. The standard InChI is InChI=1S/C37H27BO2/c1-24-11-8-9-16-28(24)27-19-21-33-32(23-27)38-31-18-10-17-29(25-12-4-2-5-13-25)36(31)40-34-22-20-30(37(39-33)35(34)38)26-14-6-3-7-15-26/h3-4,6-23H,2,5H2,1H3. The smallest absolute Gasteiger partial charge is 0.260 e. The van der Waals surface area contributed by atoms with Gasteiger partial charge in [-0.15, -0.1) is 0 Å².